The van der Waals surface area contributed by atoms with Crippen LogP contribution in [0.25, 0.3) is 6.08 Å². The highest BCUT2D eigenvalue weighted by Crippen LogP contribution is 2.09. The monoisotopic (exact) mass is 166 g/mol. The van der Waals surface area contributed by atoms with Crippen LogP contribution in [-0.4, -0.2) is 22.9 Å². The molecular weight excluding hydrogens is 156 g/mol. The molecule has 0 saturated heterocycles. The zero-order chi connectivity index (χ0) is 9.14. The largest absolute Gasteiger partial charge is 0.464 e. The van der Waals surface area contributed by atoms with Crippen molar-refractivity contribution in [2.75, 3.05) is 7.11 Å². The Morgan fingerprint density at radius 1 is 1.83 bits per heavy atom. The maximum absolute atomic E-state index is 11.1. The standard InChI is InChI=1S/C8H10N2O2/c1-4-6-5-9-10(2)7(6)8(11)12-3/h4-5H,1H2,2-3H3. The number of carbonyl (C=O) groups excluding carboxylic acids is 1. The highest BCUT2D eigenvalue weighted by atomic mass is 16.5. The molecule has 1 aromatic heterocycles. The summed E-state index contributed by atoms with van der Waals surface area (Å²) >= 11 is 0. The Kier molecular flexibility index (Phi) is 2.28. The first-order valence-electron chi connectivity index (χ1n) is 3.43. The van der Waals surface area contributed by atoms with Crippen molar-refractivity contribution in [3.8, 4) is 0 Å². The van der Waals surface area contributed by atoms with Crippen molar-refractivity contribution in [2.45, 2.75) is 0 Å². The van der Waals surface area contributed by atoms with Crippen LogP contribution in [-0.2, 0) is 11.8 Å². The van der Waals surface area contributed by atoms with Crippen LogP contribution >= 0.6 is 0 Å². The number of aryl methyl sites for hydroxylation is 1. The van der Waals surface area contributed by atoms with Gasteiger partial charge in [-0.1, -0.05) is 12.7 Å². The molecule has 1 aromatic rings. The molecule has 64 valence electrons. The summed E-state index contributed by atoms with van der Waals surface area (Å²) in [5, 5.41) is 3.90. The molecule has 0 radical (unpaired) electrons. The number of ether oxygens (including phenoxy) is 1. The Balaban J connectivity index is 3.18. The lowest BCUT2D eigenvalue weighted by Gasteiger charge is -1.99. The molecule has 0 saturated carbocycles. The molecule has 1 rings (SSSR count). The zero-order valence-corrected chi connectivity index (χ0v) is 7.07. The van der Waals surface area contributed by atoms with Crippen molar-refractivity contribution >= 4 is 12.0 Å². The SMILES string of the molecule is C=Cc1cnn(C)c1C(=O)OC. The van der Waals surface area contributed by atoms with Crippen molar-refractivity contribution in [2.24, 2.45) is 7.05 Å². The Morgan fingerprint density at radius 3 is 3.00 bits per heavy atom. The summed E-state index contributed by atoms with van der Waals surface area (Å²) in [5.74, 6) is -0.398. The number of hydrogen-bond donors (Lipinski definition) is 0. The fourth-order valence-corrected chi connectivity index (χ4v) is 0.951. The van der Waals surface area contributed by atoms with E-state index in [0.29, 0.717) is 11.3 Å². The minimum absolute atomic E-state index is 0.398. The van der Waals surface area contributed by atoms with Crippen LogP contribution in [0, 0.1) is 0 Å². The van der Waals surface area contributed by atoms with E-state index < -0.39 is 5.97 Å². The molecule has 0 N–H and O–H groups in total. The summed E-state index contributed by atoms with van der Waals surface area (Å²) in [6, 6.07) is 0. The number of carbonyl (C=O) groups is 1. The molecule has 1 heterocycles. The van der Waals surface area contributed by atoms with E-state index in [1.807, 2.05) is 0 Å². The van der Waals surface area contributed by atoms with E-state index in [1.165, 1.54) is 11.8 Å². The summed E-state index contributed by atoms with van der Waals surface area (Å²) in [6.45, 7) is 3.56. The summed E-state index contributed by atoms with van der Waals surface area (Å²) in [6.07, 6.45) is 3.14. The van der Waals surface area contributed by atoms with E-state index in [0.717, 1.165) is 0 Å². The number of nitrogens with zero attached hydrogens (tertiary/aromatic N) is 2. The quantitative estimate of drug-likeness (QED) is 0.612. The first-order chi connectivity index (χ1) is 5.70. The van der Waals surface area contributed by atoms with E-state index in [4.69, 9.17) is 0 Å². The van der Waals surface area contributed by atoms with Gasteiger partial charge in [-0.05, 0) is 0 Å². The van der Waals surface area contributed by atoms with Crippen LogP contribution in [0.5, 0.6) is 0 Å². The van der Waals surface area contributed by atoms with Gasteiger partial charge in [0.15, 0.2) is 5.69 Å². The zero-order valence-electron chi connectivity index (χ0n) is 7.07. The number of esters is 1. The molecule has 0 aliphatic heterocycles. The van der Waals surface area contributed by atoms with Gasteiger partial charge < -0.3 is 4.74 Å². The third-order valence-corrected chi connectivity index (χ3v) is 1.57. The van der Waals surface area contributed by atoms with Crippen LogP contribution in [0.15, 0.2) is 12.8 Å². The molecule has 0 unspecified atom stereocenters. The fourth-order valence-electron chi connectivity index (χ4n) is 0.951. The third-order valence-electron chi connectivity index (χ3n) is 1.57. The van der Waals surface area contributed by atoms with Gasteiger partial charge in [0.1, 0.15) is 0 Å². The van der Waals surface area contributed by atoms with Crippen molar-refractivity contribution in [1.29, 1.82) is 0 Å². The third kappa shape index (κ3) is 1.23. The topological polar surface area (TPSA) is 44.1 Å². The number of rotatable bonds is 2. The Hall–Kier alpha value is -1.58. The molecule has 0 amide bonds. The average Bonchev–Trinajstić information content (AvgIpc) is 2.45. The fraction of sp³-hybridized carbons (Fsp3) is 0.250. The second kappa shape index (κ2) is 3.21. The lowest BCUT2D eigenvalue weighted by atomic mass is 10.2. The van der Waals surface area contributed by atoms with Gasteiger partial charge in [0.2, 0.25) is 0 Å². The van der Waals surface area contributed by atoms with E-state index in [1.54, 1.807) is 19.3 Å². The maximum Gasteiger partial charge on any atom is 0.356 e. The van der Waals surface area contributed by atoms with Gasteiger partial charge in [-0.2, -0.15) is 5.10 Å². The molecule has 0 fully saturated rings. The van der Waals surface area contributed by atoms with Crippen molar-refractivity contribution in [3.05, 3.63) is 24.0 Å². The molecule has 0 aliphatic rings. The van der Waals surface area contributed by atoms with Gasteiger partial charge in [-0.3, -0.25) is 4.68 Å². The molecule has 0 atom stereocenters. The normalized spacial score (nSPS) is 9.50. The van der Waals surface area contributed by atoms with Crippen LogP contribution in [0.1, 0.15) is 16.1 Å². The molecule has 0 aromatic carbocycles. The van der Waals surface area contributed by atoms with Crippen molar-refractivity contribution < 1.29 is 9.53 Å². The smallest absolute Gasteiger partial charge is 0.356 e. The van der Waals surface area contributed by atoms with Crippen molar-refractivity contribution in [1.82, 2.24) is 9.78 Å². The minimum Gasteiger partial charge on any atom is -0.464 e. The Bertz CT molecular complexity index is 315. The van der Waals surface area contributed by atoms with E-state index in [2.05, 4.69) is 16.4 Å². The predicted octanol–water partition coefficient (Wildman–Crippen LogP) is 0.850. The van der Waals surface area contributed by atoms with Crippen molar-refractivity contribution in [3.63, 3.8) is 0 Å². The molecule has 0 spiro atoms. The summed E-state index contributed by atoms with van der Waals surface area (Å²) < 4.78 is 6.03. The highest BCUT2D eigenvalue weighted by Gasteiger charge is 2.14. The molecule has 4 nitrogen and oxygen atoms in total. The summed E-state index contributed by atoms with van der Waals surface area (Å²) in [5.41, 5.74) is 1.11. The van der Waals surface area contributed by atoms with Gasteiger partial charge in [-0.15, -0.1) is 0 Å². The lowest BCUT2D eigenvalue weighted by molar-refractivity contribution is 0.0588. The Labute approximate surface area is 70.4 Å². The van der Waals surface area contributed by atoms with Gasteiger partial charge in [0.05, 0.1) is 13.3 Å². The van der Waals surface area contributed by atoms with Gasteiger partial charge in [-0.25, -0.2) is 4.79 Å². The van der Waals surface area contributed by atoms with Crippen LogP contribution < -0.4 is 0 Å². The summed E-state index contributed by atoms with van der Waals surface area (Å²) in [4.78, 5) is 11.1. The van der Waals surface area contributed by atoms with E-state index >= 15 is 0 Å². The van der Waals surface area contributed by atoms with Gasteiger partial charge in [0.25, 0.3) is 0 Å². The van der Waals surface area contributed by atoms with Gasteiger partial charge in [0, 0.05) is 12.6 Å². The number of methoxy groups -OCH3 is 1. The predicted molar refractivity (Wildman–Crippen MR) is 44.6 cm³/mol. The minimum atomic E-state index is -0.398. The average molecular weight is 166 g/mol. The second-order valence-electron chi connectivity index (χ2n) is 2.27. The summed E-state index contributed by atoms with van der Waals surface area (Å²) in [7, 11) is 3.02. The molecule has 0 aliphatic carbocycles. The second-order valence-corrected chi connectivity index (χ2v) is 2.27. The number of aromatic nitrogens is 2. The highest BCUT2D eigenvalue weighted by molar-refractivity contribution is 5.91. The molecule has 0 bridgehead atoms. The first kappa shape index (κ1) is 8.52. The first-order valence-corrected chi connectivity index (χ1v) is 3.43. The number of hydrogen-bond acceptors (Lipinski definition) is 3. The maximum atomic E-state index is 11.1. The van der Waals surface area contributed by atoms with Gasteiger partial charge >= 0.3 is 5.97 Å². The van der Waals surface area contributed by atoms with E-state index in [9.17, 15) is 4.79 Å². The van der Waals surface area contributed by atoms with Crippen LogP contribution in [0.3, 0.4) is 0 Å². The lowest BCUT2D eigenvalue weighted by Crippen LogP contribution is -2.09. The van der Waals surface area contributed by atoms with Crippen LogP contribution in [0.4, 0.5) is 0 Å². The molecule has 4 heteroatoms. The molecule has 12 heavy (non-hydrogen) atoms. The molecular formula is C8H10N2O2. The Morgan fingerprint density at radius 2 is 2.50 bits per heavy atom. The van der Waals surface area contributed by atoms with Crippen LogP contribution in [0.2, 0.25) is 0 Å². The van der Waals surface area contributed by atoms with E-state index in [-0.39, 0.29) is 0 Å².